The number of hydrogen-bond acceptors (Lipinski definition) is 4. The Labute approximate surface area is 122 Å². The second-order valence-electron chi connectivity index (χ2n) is 5.24. The standard InChI is InChI=1S/C13H25N3O2.ClH/c1-15(6-7-16-8-10-18-11-9-16)13(17)12-2-4-14-5-3-12;/h12,14H,2-11H2,1H3;1H. The number of halogens is 1. The lowest BCUT2D eigenvalue weighted by Crippen LogP contribution is -2.44. The monoisotopic (exact) mass is 291 g/mol. The number of rotatable bonds is 4. The molecule has 0 bridgehead atoms. The topological polar surface area (TPSA) is 44.8 Å². The highest BCUT2D eigenvalue weighted by molar-refractivity contribution is 5.85. The fourth-order valence-electron chi connectivity index (χ4n) is 2.61. The second kappa shape index (κ2) is 8.74. The SMILES string of the molecule is CN(CCN1CCOCC1)C(=O)C1CCNCC1.Cl. The van der Waals surface area contributed by atoms with Crippen molar-refractivity contribution in [3.63, 3.8) is 0 Å². The summed E-state index contributed by atoms with van der Waals surface area (Å²) < 4.78 is 5.32. The Morgan fingerprint density at radius 3 is 2.58 bits per heavy atom. The third-order valence-corrected chi connectivity index (χ3v) is 3.92. The molecule has 19 heavy (non-hydrogen) atoms. The predicted molar refractivity (Wildman–Crippen MR) is 77.7 cm³/mol. The first kappa shape index (κ1) is 16.7. The molecule has 0 radical (unpaired) electrons. The number of morpholine rings is 1. The van der Waals surface area contributed by atoms with Gasteiger partial charge in [-0.2, -0.15) is 0 Å². The van der Waals surface area contributed by atoms with Crippen LogP contribution in [0.1, 0.15) is 12.8 Å². The Hall–Kier alpha value is -0.360. The number of carbonyl (C=O) groups excluding carboxylic acids is 1. The largest absolute Gasteiger partial charge is 0.379 e. The van der Waals surface area contributed by atoms with Gasteiger partial charge in [-0.15, -0.1) is 12.4 Å². The van der Waals surface area contributed by atoms with Gasteiger partial charge in [-0.05, 0) is 25.9 Å². The number of carbonyl (C=O) groups is 1. The number of likely N-dealkylation sites (N-methyl/N-ethyl adjacent to an activating group) is 1. The molecule has 2 heterocycles. The Morgan fingerprint density at radius 1 is 1.32 bits per heavy atom. The maximum Gasteiger partial charge on any atom is 0.225 e. The fraction of sp³-hybridized carbons (Fsp3) is 0.923. The Bertz CT molecular complexity index is 267. The van der Waals surface area contributed by atoms with Crippen LogP contribution in [0.5, 0.6) is 0 Å². The summed E-state index contributed by atoms with van der Waals surface area (Å²) in [5, 5.41) is 3.30. The summed E-state index contributed by atoms with van der Waals surface area (Å²) in [6, 6.07) is 0. The zero-order chi connectivity index (χ0) is 12.8. The van der Waals surface area contributed by atoms with Crippen molar-refractivity contribution < 1.29 is 9.53 Å². The quantitative estimate of drug-likeness (QED) is 0.804. The van der Waals surface area contributed by atoms with Crippen LogP contribution < -0.4 is 5.32 Å². The molecule has 0 saturated carbocycles. The zero-order valence-electron chi connectivity index (χ0n) is 11.8. The van der Waals surface area contributed by atoms with Crippen LogP contribution in [0.2, 0.25) is 0 Å². The van der Waals surface area contributed by atoms with E-state index in [4.69, 9.17) is 4.74 Å². The van der Waals surface area contributed by atoms with E-state index in [2.05, 4.69) is 10.2 Å². The van der Waals surface area contributed by atoms with Crippen LogP contribution in [0.4, 0.5) is 0 Å². The number of ether oxygens (including phenoxy) is 1. The first-order valence-corrected chi connectivity index (χ1v) is 7.03. The summed E-state index contributed by atoms with van der Waals surface area (Å²) in [7, 11) is 1.94. The van der Waals surface area contributed by atoms with E-state index >= 15 is 0 Å². The van der Waals surface area contributed by atoms with Crippen LogP contribution in [0.25, 0.3) is 0 Å². The molecule has 2 fully saturated rings. The molecule has 2 aliphatic heterocycles. The van der Waals surface area contributed by atoms with Gasteiger partial charge >= 0.3 is 0 Å². The third-order valence-electron chi connectivity index (χ3n) is 3.92. The van der Waals surface area contributed by atoms with E-state index < -0.39 is 0 Å². The first-order chi connectivity index (χ1) is 8.77. The molecule has 112 valence electrons. The summed E-state index contributed by atoms with van der Waals surface area (Å²) in [5.41, 5.74) is 0. The molecule has 0 aliphatic carbocycles. The zero-order valence-corrected chi connectivity index (χ0v) is 12.6. The van der Waals surface area contributed by atoms with Gasteiger partial charge in [0.15, 0.2) is 0 Å². The Balaban J connectivity index is 0.00000180. The Morgan fingerprint density at radius 2 is 1.95 bits per heavy atom. The molecule has 0 aromatic carbocycles. The summed E-state index contributed by atoms with van der Waals surface area (Å²) in [5.74, 6) is 0.561. The van der Waals surface area contributed by atoms with Crippen LogP contribution >= 0.6 is 12.4 Å². The molecule has 0 atom stereocenters. The maximum absolute atomic E-state index is 12.2. The highest BCUT2D eigenvalue weighted by atomic mass is 35.5. The number of nitrogens with zero attached hydrogens (tertiary/aromatic N) is 2. The molecule has 1 amide bonds. The van der Waals surface area contributed by atoms with E-state index in [9.17, 15) is 4.79 Å². The van der Waals surface area contributed by atoms with Gasteiger partial charge in [0.2, 0.25) is 5.91 Å². The summed E-state index contributed by atoms with van der Waals surface area (Å²) in [6.07, 6.45) is 1.97. The molecule has 2 rings (SSSR count). The second-order valence-corrected chi connectivity index (χ2v) is 5.24. The molecular weight excluding hydrogens is 266 g/mol. The normalized spacial score (nSPS) is 21.7. The van der Waals surface area contributed by atoms with Gasteiger partial charge in [-0.1, -0.05) is 0 Å². The van der Waals surface area contributed by atoms with Crippen molar-refractivity contribution in [1.29, 1.82) is 0 Å². The fourth-order valence-corrected chi connectivity index (χ4v) is 2.61. The van der Waals surface area contributed by atoms with E-state index in [0.29, 0.717) is 5.91 Å². The van der Waals surface area contributed by atoms with Crippen molar-refractivity contribution in [2.24, 2.45) is 5.92 Å². The van der Waals surface area contributed by atoms with Gasteiger partial charge in [0.1, 0.15) is 0 Å². The summed E-state index contributed by atoms with van der Waals surface area (Å²) >= 11 is 0. The van der Waals surface area contributed by atoms with Crippen molar-refractivity contribution >= 4 is 18.3 Å². The lowest BCUT2D eigenvalue weighted by atomic mass is 9.97. The maximum atomic E-state index is 12.2. The van der Waals surface area contributed by atoms with Crippen LogP contribution in [-0.2, 0) is 9.53 Å². The molecule has 2 saturated heterocycles. The smallest absolute Gasteiger partial charge is 0.225 e. The van der Waals surface area contributed by atoms with Gasteiger partial charge in [0.05, 0.1) is 13.2 Å². The highest BCUT2D eigenvalue weighted by Gasteiger charge is 2.24. The molecule has 5 nitrogen and oxygen atoms in total. The molecule has 0 aromatic rings. The summed E-state index contributed by atoms with van der Waals surface area (Å²) in [4.78, 5) is 16.5. The number of piperidine rings is 1. The Kier molecular flexibility index (Phi) is 7.68. The van der Waals surface area contributed by atoms with Crippen molar-refractivity contribution in [2.75, 3.05) is 59.5 Å². The van der Waals surface area contributed by atoms with Crippen molar-refractivity contribution in [1.82, 2.24) is 15.1 Å². The average molecular weight is 292 g/mol. The highest BCUT2D eigenvalue weighted by Crippen LogP contribution is 2.14. The number of nitrogens with one attached hydrogen (secondary N) is 1. The lowest BCUT2D eigenvalue weighted by molar-refractivity contribution is -0.135. The molecule has 1 N–H and O–H groups in total. The van der Waals surface area contributed by atoms with E-state index in [1.807, 2.05) is 11.9 Å². The average Bonchev–Trinajstić information content (AvgIpc) is 2.46. The third kappa shape index (κ3) is 5.26. The first-order valence-electron chi connectivity index (χ1n) is 7.03. The molecule has 0 aromatic heterocycles. The van der Waals surface area contributed by atoms with E-state index in [1.165, 1.54) is 0 Å². The van der Waals surface area contributed by atoms with Crippen molar-refractivity contribution in [3.8, 4) is 0 Å². The number of amides is 1. The minimum Gasteiger partial charge on any atom is -0.379 e. The van der Waals surface area contributed by atoms with E-state index in [-0.39, 0.29) is 18.3 Å². The molecule has 6 heteroatoms. The molecule has 0 spiro atoms. The summed E-state index contributed by atoms with van der Waals surface area (Å²) in [6.45, 7) is 7.41. The minimum atomic E-state index is 0. The molecule has 0 unspecified atom stereocenters. The van der Waals surface area contributed by atoms with Gasteiger partial charge in [-0.25, -0.2) is 0 Å². The predicted octanol–water partition coefficient (Wildman–Crippen LogP) is 0.198. The number of hydrogen-bond donors (Lipinski definition) is 1. The van der Waals surface area contributed by atoms with E-state index in [1.54, 1.807) is 0 Å². The van der Waals surface area contributed by atoms with Gasteiger partial charge in [0, 0.05) is 39.1 Å². The lowest BCUT2D eigenvalue weighted by Gasteiger charge is -2.31. The van der Waals surface area contributed by atoms with Crippen LogP contribution in [-0.4, -0.2) is 75.2 Å². The molecule has 2 aliphatic rings. The van der Waals surface area contributed by atoms with Crippen molar-refractivity contribution in [2.45, 2.75) is 12.8 Å². The van der Waals surface area contributed by atoms with Gasteiger partial charge < -0.3 is 15.0 Å². The van der Waals surface area contributed by atoms with Crippen LogP contribution in [0.3, 0.4) is 0 Å². The van der Waals surface area contributed by atoms with Gasteiger partial charge in [0.25, 0.3) is 0 Å². The molecular formula is C13H26ClN3O2. The van der Waals surface area contributed by atoms with Gasteiger partial charge in [-0.3, -0.25) is 9.69 Å². The van der Waals surface area contributed by atoms with Crippen molar-refractivity contribution in [3.05, 3.63) is 0 Å². The minimum absolute atomic E-state index is 0. The van der Waals surface area contributed by atoms with E-state index in [0.717, 1.165) is 65.3 Å². The van der Waals surface area contributed by atoms with Crippen LogP contribution in [0, 0.1) is 5.92 Å². The van der Waals surface area contributed by atoms with Crippen LogP contribution in [0.15, 0.2) is 0 Å².